The van der Waals surface area contributed by atoms with E-state index in [0.29, 0.717) is 16.3 Å². The molecule has 5 heteroatoms. The molecule has 1 aliphatic rings. The Kier molecular flexibility index (Phi) is 3.32. The summed E-state index contributed by atoms with van der Waals surface area (Å²) in [6.07, 6.45) is 5.43. The van der Waals surface area contributed by atoms with Crippen LogP contribution in [0.1, 0.15) is 12.8 Å². The summed E-state index contributed by atoms with van der Waals surface area (Å²) in [6, 6.07) is 0. The fraction of sp³-hybridized carbons (Fsp3) is 0.600. The van der Waals surface area contributed by atoms with Gasteiger partial charge in [-0.15, -0.1) is 11.6 Å². The highest BCUT2D eigenvalue weighted by molar-refractivity contribution is 6.30. The topological polar surface area (TPSA) is 29.0 Å². The zero-order valence-electron chi connectivity index (χ0n) is 8.53. The zero-order chi connectivity index (χ0) is 10.8. The summed E-state index contributed by atoms with van der Waals surface area (Å²) in [5.74, 6) is 1.40. The number of nitrogens with zero attached hydrogens (tertiary/aromatic N) is 3. The third-order valence-corrected chi connectivity index (χ3v) is 3.21. The SMILES string of the molecule is CN(CC1CC(Cl)C1)c1ncc(Cl)cn1. The van der Waals surface area contributed by atoms with Crippen LogP contribution in [0.4, 0.5) is 5.95 Å². The normalized spacial score (nSPS) is 24.7. The highest BCUT2D eigenvalue weighted by atomic mass is 35.5. The summed E-state index contributed by atoms with van der Waals surface area (Å²) >= 11 is 11.6. The second-order valence-corrected chi connectivity index (χ2v) is 5.07. The molecule has 0 atom stereocenters. The molecule has 0 spiro atoms. The molecule has 82 valence electrons. The van der Waals surface area contributed by atoms with Crippen molar-refractivity contribution in [2.24, 2.45) is 5.92 Å². The largest absolute Gasteiger partial charge is 0.344 e. The van der Waals surface area contributed by atoms with E-state index in [0.717, 1.165) is 25.3 Å². The summed E-state index contributed by atoms with van der Waals surface area (Å²) in [5, 5.41) is 0.936. The monoisotopic (exact) mass is 245 g/mol. The Labute approximate surface area is 99.4 Å². The molecule has 0 radical (unpaired) electrons. The molecule has 0 amide bonds. The molecule has 15 heavy (non-hydrogen) atoms. The van der Waals surface area contributed by atoms with Gasteiger partial charge in [0.05, 0.1) is 17.4 Å². The quantitative estimate of drug-likeness (QED) is 0.767. The number of rotatable bonds is 3. The molecule has 0 aliphatic heterocycles. The van der Waals surface area contributed by atoms with Crippen LogP contribution >= 0.6 is 23.2 Å². The zero-order valence-corrected chi connectivity index (χ0v) is 10.0. The first-order valence-electron chi connectivity index (χ1n) is 4.98. The molecular formula is C10H13Cl2N3. The standard InChI is InChI=1S/C10H13Cl2N3/c1-15(6-7-2-8(11)3-7)10-13-4-9(12)5-14-10/h4-5,7-8H,2-3,6H2,1H3. The maximum atomic E-state index is 5.93. The van der Waals surface area contributed by atoms with Gasteiger partial charge in [0.1, 0.15) is 0 Å². The third kappa shape index (κ3) is 2.73. The number of alkyl halides is 1. The van der Waals surface area contributed by atoms with E-state index in [-0.39, 0.29) is 0 Å². The highest BCUT2D eigenvalue weighted by Gasteiger charge is 2.28. The number of halogens is 2. The first kappa shape index (κ1) is 11.0. The smallest absolute Gasteiger partial charge is 0.225 e. The number of hydrogen-bond acceptors (Lipinski definition) is 3. The lowest BCUT2D eigenvalue weighted by Crippen LogP contribution is -2.35. The van der Waals surface area contributed by atoms with Gasteiger partial charge in [-0.3, -0.25) is 0 Å². The lowest BCUT2D eigenvalue weighted by molar-refractivity contribution is 0.328. The Morgan fingerprint density at radius 2 is 2.00 bits per heavy atom. The van der Waals surface area contributed by atoms with Gasteiger partial charge < -0.3 is 4.90 Å². The Hall–Kier alpha value is -0.540. The number of aromatic nitrogens is 2. The molecule has 0 unspecified atom stereocenters. The van der Waals surface area contributed by atoms with Gasteiger partial charge in [-0.25, -0.2) is 9.97 Å². The molecular weight excluding hydrogens is 233 g/mol. The van der Waals surface area contributed by atoms with Crippen LogP contribution in [-0.2, 0) is 0 Å². The molecule has 1 fully saturated rings. The first-order valence-corrected chi connectivity index (χ1v) is 5.79. The van der Waals surface area contributed by atoms with Crippen LogP contribution in [0, 0.1) is 5.92 Å². The molecule has 1 aromatic heterocycles. The van der Waals surface area contributed by atoms with Crippen molar-refractivity contribution >= 4 is 29.2 Å². The predicted molar refractivity (Wildman–Crippen MR) is 62.7 cm³/mol. The molecule has 1 saturated carbocycles. The van der Waals surface area contributed by atoms with E-state index in [1.807, 2.05) is 11.9 Å². The fourth-order valence-electron chi connectivity index (χ4n) is 1.77. The van der Waals surface area contributed by atoms with Gasteiger partial charge in [-0.1, -0.05) is 11.6 Å². The Bertz CT molecular complexity index is 322. The van der Waals surface area contributed by atoms with Gasteiger partial charge in [-0.05, 0) is 18.8 Å². The van der Waals surface area contributed by atoms with Crippen molar-refractivity contribution in [1.29, 1.82) is 0 Å². The summed E-state index contributed by atoms with van der Waals surface area (Å²) in [7, 11) is 1.99. The van der Waals surface area contributed by atoms with Crippen molar-refractivity contribution in [1.82, 2.24) is 9.97 Å². The van der Waals surface area contributed by atoms with Crippen molar-refractivity contribution in [2.45, 2.75) is 18.2 Å². The molecule has 0 N–H and O–H groups in total. The predicted octanol–water partition coefficient (Wildman–Crippen LogP) is 2.58. The Balaban J connectivity index is 1.90. The van der Waals surface area contributed by atoms with E-state index in [2.05, 4.69) is 9.97 Å². The summed E-state index contributed by atoms with van der Waals surface area (Å²) in [6.45, 7) is 0.963. The first-order chi connectivity index (χ1) is 7.15. The maximum absolute atomic E-state index is 5.93. The molecule has 3 nitrogen and oxygen atoms in total. The van der Waals surface area contributed by atoms with Crippen LogP contribution in [0.25, 0.3) is 0 Å². The average Bonchev–Trinajstić information content (AvgIpc) is 2.16. The Morgan fingerprint density at radius 3 is 2.53 bits per heavy atom. The second-order valence-electron chi connectivity index (χ2n) is 4.02. The van der Waals surface area contributed by atoms with Gasteiger partial charge in [0, 0.05) is 19.0 Å². The molecule has 0 saturated heterocycles. The van der Waals surface area contributed by atoms with E-state index in [4.69, 9.17) is 23.2 Å². The minimum atomic E-state index is 0.370. The second kappa shape index (κ2) is 4.54. The van der Waals surface area contributed by atoms with Crippen molar-refractivity contribution in [3.05, 3.63) is 17.4 Å². The Morgan fingerprint density at radius 1 is 1.40 bits per heavy atom. The molecule has 2 rings (SSSR count). The van der Waals surface area contributed by atoms with E-state index in [9.17, 15) is 0 Å². The van der Waals surface area contributed by atoms with Crippen molar-refractivity contribution in [2.75, 3.05) is 18.5 Å². The molecule has 0 aromatic carbocycles. The van der Waals surface area contributed by atoms with Crippen LogP contribution in [-0.4, -0.2) is 28.9 Å². The maximum Gasteiger partial charge on any atom is 0.225 e. The van der Waals surface area contributed by atoms with Crippen LogP contribution in [0.3, 0.4) is 0 Å². The third-order valence-electron chi connectivity index (χ3n) is 2.66. The van der Waals surface area contributed by atoms with Gasteiger partial charge in [0.15, 0.2) is 0 Å². The van der Waals surface area contributed by atoms with E-state index < -0.39 is 0 Å². The highest BCUT2D eigenvalue weighted by Crippen LogP contribution is 2.32. The van der Waals surface area contributed by atoms with Crippen LogP contribution in [0.15, 0.2) is 12.4 Å². The van der Waals surface area contributed by atoms with E-state index in [1.54, 1.807) is 12.4 Å². The van der Waals surface area contributed by atoms with Gasteiger partial charge in [0.2, 0.25) is 5.95 Å². The van der Waals surface area contributed by atoms with Crippen molar-refractivity contribution in [3.63, 3.8) is 0 Å². The molecule has 0 bridgehead atoms. The van der Waals surface area contributed by atoms with Crippen molar-refractivity contribution in [3.8, 4) is 0 Å². The summed E-state index contributed by atoms with van der Waals surface area (Å²) in [4.78, 5) is 10.4. The van der Waals surface area contributed by atoms with Gasteiger partial charge in [-0.2, -0.15) is 0 Å². The fourth-order valence-corrected chi connectivity index (χ4v) is 2.38. The van der Waals surface area contributed by atoms with E-state index >= 15 is 0 Å². The minimum absolute atomic E-state index is 0.370. The number of hydrogen-bond donors (Lipinski definition) is 0. The van der Waals surface area contributed by atoms with Gasteiger partial charge in [0.25, 0.3) is 0 Å². The minimum Gasteiger partial charge on any atom is -0.344 e. The number of anilines is 1. The molecule has 1 heterocycles. The van der Waals surface area contributed by atoms with Gasteiger partial charge >= 0.3 is 0 Å². The molecule has 1 aliphatic carbocycles. The van der Waals surface area contributed by atoms with Crippen molar-refractivity contribution < 1.29 is 0 Å². The van der Waals surface area contributed by atoms with Crippen LogP contribution in [0.2, 0.25) is 5.02 Å². The average molecular weight is 246 g/mol. The molecule has 1 aromatic rings. The lowest BCUT2D eigenvalue weighted by atomic mass is 9.84. The lowest BCUT2D eigenvalue weighted by Gasteiger charge is -2.34. The van der Waals surface area contributed by atoms with E-state index in [1.165, 1.54) is 0 Å². The van der Waals surface area contributed by atoms with Crippen LogP contribution < -0.4 is 4.90 Å². The summed E-state index contributed by atoms with van der Waals surface area (Å²) in [5.41, 5.74) is 0. The summed E-state index contributed by atoms with van der Waals surface area (Å²) < 4.78 is 0. The van der Waals surface area contributed by atoms with Crippen LogP contribution in [0.5, 0.6) is 0 Å².